The Morgan fingerprint density at radius 3 is 2.40 bits per heavy atom. The first-order chi connectivity index (χ1) is 16.8. The number of nitrogens with zero attached hydrogens (tertiary/aromatic N) is 3. The molecule has 2 aromatic carbocycles. The van der Waals surface area contributed by atoms with Crippen molar-refractivity contribution in [1.29, 1.82) is 0 Å². The zero-order chi connectivity index (χ0) is 24.8. The third kappa shape index (κ3) is 6.72. The van der Waals surface area contributed by atoms with Crippen molar-refractivity contribution < 1.29 is 14.3 Å². The average molecular weight is 475 g/mol. The molecular weight excluding hydrogens is 440 g/mol. The van der Waals surface area contributed by atoms with Gasteiger partial charge in [0.15, 0.2) is 0 Å². The lowest BCUT2D eigenvalue weighted by atomic mass is 9.95. The Labute approximate surface area is 207 Å². The number of hydrogen-bond acceptors (Lipinski definition) is 4. The summed E-state index contributed by atoms with van der Waals surface area (Å²) in [6.07, 6.45) is 4.71. The minimum Gasteiger partial charge on any atom is -0.444 e. The molecule has 0 atom stereocenters. The number of piperidine rings is 1. The third-order valence-electron chi connectivity index (χ3n) is 6.16. The topological polar surface area (TPSA) is 76.5 Å². The standard InChI is InChI=1S/C28H34N4O3/c1-28(2,3)35-27(34)31-17-13-23(14-18-31)26(33)29-19-24-7-4-5-8-25(24)22-11-9-21(10-12-22)20-32-16-6-15-30-32/h4-12,15-16,23H,13-14,17-20H2,1-3H3,(H,29,33). The highest BCUT2D eigenvalue weighted by molar-refractivity contribution is 5.79. The Morgan fingerprint density at radius 1 is 1.03 bits per heavy atom. The first-order valence-corrected chi connectivity index (χ1v) is 12.2. The van der Waals surface area contributed by atoms with E-state index in [0.717, 1.165) is 23.2 Å². The summed E-state index contributed by atoms with van der Waals surface area (Å²) in [5.41, 5.74) is 3.97. The molecule has 4 rings (SSSR count). The number of nitrogens with one attached hydrogen (secondary N) is 1. The highest BCUT2D eigenvalue weighted by atomic mass is 16.6. The van der Waals surface area contributed by atoms with Crippen LogP contribution in [0.3, 0.4) is 0 Å². The van der Waals surface area contributed by atoms with Gasteiger partial charge in [-0.1, -0.05) is 48.5 Å². The Balaban J connectivity index is 1.32. The third-order valence-corrected chi connectivity index (χ3v) is 6.16. The largest absolute Gasteiger partial charge is 0.444 e. The van der Waals surface area contributed by atoms with Crippen LogP contribution < -0.4 is 5.32 Å². The van der Waals surface area contributed by atoms with Gasteiger partial charge in [-0.2, -0.15) is 5.10 Å². The second-order valence-electron chi connectivity index (χ2n) is 10.0. The fourth-order valence-corrected chi connectivity index (χ4v) is 4.30. The van der Waals surface area contributed by atoms with Crippen molar-refractivity contribution in [3.05, 3.63) is 78.1 Å². The van der Waals surface area contributed by atoms with Crippen LogP contribution in [0.25, 0.3) is 11.1 Å². The number of aromatic nitrogens is 2. The number of benzene rings is 2. The predicted octanol–water partition coefficient (Wildman–Crippen LogP) is 4.86. The summed E-state index contributed by atoms with van der Waals surface area (Å²) in [7, 11) is 0. The lowest BCUT2D eigenvalue weighted by Crippen LogP contribution is -2.44. The SMILES string of the molecule is CC(C)(C)OC(=O)N1CCC(C(=O)NCc2ccccc2-c2ccc(Cn3cccn3)cc2)CC1. The Bertz CT molecular complexity index is 1130. The normalized spacial score (nSPS) is 14.5. The van der Waals surface area contributed by atoms with Crippen molar-refractivity contribution in [3.8, 4) is 11.1 Å². The fourth-order valence-electron chi connectivity index (χ4n) is 4.30. The molecule has 1 aliphatic heterocycles. The van der Waals surface area contributed by atoms with E-state index in [9.17, 15) is 9.59 Å². The van der Waals surface area contributed by atoms with Crippen LogP contribution in [0.15, 0.2) is 67.0 Å². The molecule has 0 saturated carbocycles. The van der Waals surface area contributed by atoms with Gasteiger partial charge in [-0.05, 0) is 61.9 Å². The number of carbonyl (C=O) groups is 2. The molecule has 0 radical (unpaired) electrons. The van der Waals surface area contributed by atoms with Crippen LogP contribution in [0.5, 0.6) is 0 Å². The first kappa shape index (κ1) is 24.5. The lowest BCUT2D eigenvalue weighted by Gasteiger charge is -2.33. The first-order valence-electron chi connectivity index (χ1n) is 12.2. The molecule has 0 bridgehead atoms. The minimum absolute atomic E-state index is 0.0400. The van der Waals surface area contributed by atoms with E-state index in [1.165, 1.54) is 5.56 Å². The molecule has 2 heterocycles. The van der Waals surface area contributed by atoms with Crippen molar-refractivity contribution in [1.82, 2.24) is 20.0 Å². The van der Waals surface area contributed by atoms with Crippen molar-refractivity contribution in [2.24, 2.45) is 5.92 Å². The molecule has 1 aliphatic rings. The smallest absolute Gasteiger partial charge is 0.410 e. The Kier molecular flexibility index (Phi) is 7.54. The molecule has 7 heteroatoms. The minimum atomic E-state index is -0.515. The number of hydrogen-bond donors (Lipinski definition) is 1. The maximum absolute atomic E-state index is 12.9. The van der Waals surface area contributed by atoms with Crippen LogP contribution >= 0.6 is 0 Å². The quantitative estimate of drug-likeness (QED) is 0.553. The molecule has 0 aliphatic carbocycles. The molecular formula is C28H34N4O3. The summed E-state index contributed by atoms with van der Waals surface area (Å²) in [4.78, 5) is 26.8. The van der Waals surface area contributed by atoms with E-state index in [1.807, 2.05) is 49.8 Å². The van der Waals surface area contributed by atoms with E-state index >= 15 is 0 Å². The van der Waals surface area contributed by atoms with Gasteiger partial charge in [-0.25, -0.2) is 4.79 Å². The van der Waals surface area contributed by atoms with Crippen LogP contribution in [0, 0.1) is 5.92 Å². The summed E-state index contributed by atoms with van der Waals surface area (Å²) in [5.74, 6) is -0.0550. The summed E-state index contributed by atoms with van der Waals surface area (Å²) < 4.78 is 7.35. The number of likely N-dealkylation sites (tertiary alicyclic amines) is 1. The van der Waals surface area contributed by atoms with E-state index in [0.29, 0.717) is 32.5 Å². The molecule has 184 valence electrons. The maximum Gasteiger partial charge on any atom is 0.410 e. The van der Waals surface area contributed by atoms with E-state index in [1.54, 1.807) is 11.1 Å². The molecule has 35 heavy (non-hydrogen) atoms. The van der Waals surface area contributed by atoms with Gasteiger partial charge < -0.3 is 15.0 Å². The molecule has 1 N–H and O–H groups in total. The average Bonchev–Trinajstić information content (AvgIpc) is 3.35. The second-order valence-corrected chi connectivity index (χ2v) is 10.0. The lowest BCUT2D eigenvalue weighted by molar-refractivity contribution is -0.126. The fraction of sp³-hybridized carbons (Fsp3) is 0.393. The van der Waals surface area contributed by atoms with Gasteiger partial charge in [0.05, 0.1) is 6.54 Å². The van der Waals surface area contributed by atoms with Crippen molar-refractivity contribution >= 4 is 12.0 Å². The van der Waals surface area contributed by atoms with Crippen molar-refractivity contribution in [3.63, 3.8) is 0 Å². The molecule has 1 fully saturated rings. The molecule has 1 aromatic heterocycles. The van der Waals surface area contributed by atoms with E-state index in [2.05, 4.69) is 46.8 Å². The van der Waals surface area contributed by atoms with Gasteiger partial charge in [0.2, 0.25) is 5.91 Å². The summed E-state index contributed by atoms with van der Waals surface area (Å²) in [6, 6.07) is 18.5. The van der Waals surface area contributed by atoms with Gasteiger partial charge in [-0.3, -0.25) is 9.48 Å². The zero-order valence-electron chi connectivity index (χ0n) is 20.7. The summed E-state index contributed by atoms with van der Waals surface area (Å²) >= 11 is 0. The zero-order valence-corrected chi connectivity index (χ0v) is 20.7. The molecule has 0 spiro atoms. The van der Waals surface area contributed by atoms with Gasteiger partial charge in [0.25, 0.3) is 0 Å². The molecule has 7 nitrogen and oxygen atoms in total. The van der Waals surface area contributed by atoms with Crippen LogP contribution in [-0.4, -0.2) is 45.4 Å². The monoisotopic (exact) mass is 474 g/mol. The summed E-state index contributed by atoms with van der Waals surface area (Å²) in [5, 5.41) is 7.38. The number of rotatable bonds is 6. The maximum atomic E-state index is 12.9. The van der Waals surface area contributed by atoms with Crippen LogP contribution in [-0.2, 0) is 22.6 Å². The van der Waals surface area contributed by atoms with Gasteiger partial charge in [0, 0.05) is 37.9 Å². The Hall–Kier alpha value is -3.61. The van der Waals surface area contributed by atoms with Crippen LogP contribution in [0.2, 0.25) is 0 Å². The predicted molar refractivity (Wildman–Crippen MR) is 136 cm³/mol. The van der Waals surface area contributed by atoms with Crippen molar-refractivity contribution in [2.75, 3.05) is 13.1 Å². The van der Waals surface area contributed by atoms with Crippen molar-refractivity contribution in [2.45, 2.75) is 52.3 Å². The van der Waals surface area contributed by atoms with Crippen LogP contribution in [0.1, 0.15) is 44.7 Å². The van der Waals surface area contributed by atoms with E-state index in [-0.39, 0.29) is 17.9 Å². The number of ether oxygens (including phenoxy) is 1. The highest BCUT2D eigenvalue weighted by Crippen LogP contribution is 2.25. The van der Waals surface area contributed by atoms with E-state index in [4.69, 9.17) is 4.74 Å². The highest BCUT2D eigenvalue weighted by Gasteiger charge is 2.29. The number of carbonyl (C=O) groups excluding carboxylic acids is 2. The van der Waals surface area contributed by atoms with Gasteiger partial charge >= 0.3 is 6.09 Å². The molecule has 3 aromatic rings. The summed E-state index contributed by atoms with van der Waals surface area (Å²) in [6.45, 7) is 7.85. The van der Waals surface area contributed by atoms with Gasteiger partial charge in [-0.15, -0.1) is 0 Å². The Morgan fingerprint density at radius 2 is 1.74 bits per heavy atom. The molecule has 1 saturated heterocycles. The van der Waals surface area contributed by atoms with Gasteiger partial charge in [0.1, 0.15) is 5.60 Å². The molecule has 2 amide bonds. The van der Waals surface area contributed by atoms with E-state index < -0.39 is 5.60 Å². The van der Waals surface area contributed by atoms with Crippen LogP contribution in [0.4, 0.5) is 4.79 Å². The second kappa shape index (κ2) is 10.8. The number of amides is 2. The molecule has 0 unspecified atom stereocenters.